The van der Waals surface area contributed by atoms with Crippen LogP contribution in [0, 0.1) is 0 Å². The van der Waals surface area contributed by atoms with Crippen molar-refractivity contribution in [3.8, 4) is 0 Å². The minimum absolute atomic E-state index is 0.0356. The van der Waals surface area contributed by atoms with Crippen molar-refractivity contribution in [2.24, 2.45) is 0 Å². The normalized spacial score (nSPS) is 13.0. The molecule has 2 atom stereocenters. The van der Waals surface area contributed by atoms with E-state index in [0.29, 0.717) is 10.7 Å². The van der Waals surface area contributed by atoms with E-state index in [9.17, 15) is 9.59 Å². The van der Waals surface area contributed by atoms with Gasteiger partial charge in [-0.15, -0.1) is 0 Å². The molecule has 0 saturated carbocycles. The van der Waals surface area contributed by atoms with Crippen LogP contribution in [-0.2, 0) is 9.59 Å². The quantitative estimate of drug-likeness (QED) is 0.660. The number of likely N-dealkylation sites (N-methyl/N-ethyl adjacent to an activating group) is 1. The van der Waals surface area contributed by atoms with Crippen LogP contribution >= 0.6 is 11.6 Å². The number of nitrogens with zero attached hydrogens (tertiary/aromatic N) is 1. The first-order valence-corrected chi connectivity index (χ1v) is 9.90. The van der Waals surface area contributed by atoms with Gasteiger partial charge < -0.3 is 10.6 Å². The van der Waals surface area contributed by atoms with Crippen molar-refractivity contribution in [3.63, 3.8) is 0 Å². The summed E-state index contributed by atoms with van der Waals surface area (Å²) in [5.41, 5.74) is 1.65. The van der Waals surface area contributed by atoms with Crippen LogP contribution in [-0.4, -0.2) is 36.3 Å². The molecule has 0 aromatic heterocycles. The van der Waals surface area contributed by atoms with Gasteiger partial charge in [0.1, 0.15) is 0 Å². The van der Waals surface area contributed by atoms with Crippen molar-refractivity contribution < 1.29 is 9.59 Å². The number of nitrogens with one attached hydrogen (secondary N) is 2. The van der Waals surface area contributed by atoms with E-state index < -0.39 is 6.04 Å². The molecular weight excluding hydrogens is 374 g/mol. The van der Waals surface area contributed by atoms with Gasteiger partial charge in [-0.2, -0.15) is 0 Å². The largest absolute Gasteiger partial charge is 0.348 e. The number of amides is 2. The lowest BCUT2D eigenvalue weighted by Gasteiger charge is -2.26. The molecule has 2 unspecified atom stereocenters. The van der Waals surface area contributed by atoms with Gasteiger partial charge >= 0.3 is 0 Å². The summed E-state index contributed by atoms with van der Waals surface area (Å²) >= 11 is 6.07. The summed E-state index contributed by atoms with van der Waals surface area (Å²) in [6.07, 6.45) is 1.82. The fourth-order valence-electron chi connectivity index (χ4n) is 2.90. The zero-order chi connectivity index (χ0) is 20.5. The van der Waals surface area contributed by atoms with Gasteiger partial charge in [-0.05, 0) is 38.1 Å². The second-order valence-corrected chi connectivity index (χ2v) is 7.29. The summed E-state index contributed by atoms with van der Waals surface area (Å²) in [6, 6.07) is 16.5. The molecule has 6 heteroatoms. The standard InChI is InChI=1S/C22H28ClN3O2/c1-4-10-19(17-11-6-5-7-12-17)25-22(28)16(2)26(3)15-21(27)24-20-14-9-8-13-18(20)23/h5-9,11-14,16,19H,4,10,15H2,1-3H3,(H,24,27)(H,25,28). The molecule has 150 valence electrons. The molecule has 0 fully saturated rings. The summed E-state index contributed by atoms with van der Waals surface area (Å²) in [6.45, 7) is 3.98. The molecule has 28 heavy (non-hydrogen) atoms. The molecule has 0 aliphatic rings. The number of halogens is 1. The second kappa shape index (κ2) is 10.8. The van der Waals surface area contributed by atoms with E-state index in [1.165, 1.54) is 0 Å². The van der Waals surface area contributed by atoms with Gasteiger partial charge in [0.2, 0.25) is 11.8 Å². The summed E-state index contributed by atoms with van der Waals surface area (Å²) in [5.74, 6) is -0.321. The molecule has 2 aromatic rings. The van der Waals surface area contributed by atoms with E-state index in [2.05, 4.69) is 17.6 Å². The molecule has 2 N–H and O–H groups in total. The van der Waals surface area contributed by atoms with Gasteiger partial charge in [0.25, 0.3) is 0 Å². The Labute approximate surface area is 172 Å². The maximum absolute atomic E-state index is 12.7. The van der Waals surface area contributed by atoms with Crippen LogP contribution < -0.4 is 10.6 Å². The summed E-state index contributed by atoms with van der Waals surface area (Å²) in [7, 11) is 1.76. The van der Waals surface area contributed by atoms with Crippen molar-refractivity contribution in [3.05, 3.63) is 65.2 Å². The zero-order valence-electron chi connectivity index (χ0n) is 16.6. The van der Waals surface area contributed by atoms with Gasteiger partial charge in [0.15, 0.2) is 0 Å². The Hall–Kier alpha value is -2.37. The average Bonchev–Trinajstić information content (AvgIpc) is 2.69. The number of hydrogen-bond donors (Lipinski definition) is 2. The van der Waals surface area contributed by atoms with Crippen LogP contribution in [0.25, 0.3) is 0 Å². The minimum atomic E-state index is -0.444. The molecule has 0 heterocycles. The fraction of sp³-hybridized carbons (Fsp3) is 0.364. The Balaban J connectivity index is 1.93. The van der Waals surface area contributed by atoms with Crippen molar-refractivity contribution in [1.82, 2.24) is 10.2 Å². The van der Waals surface area contributed by atoms with Crippen LogP contribution in [0.15, 0.2) is 54.6 Å². The molecule has 0 radical (unpaired) electrons. The van der Waals surface area contributed by atoms with E-state index >= 15 is 0 Å². The van der Waals surface area contributed by atoms with Gasteiger partial charge in [-0.1, -0.05) is 67.4 Å². The van der Waals surface area contributed by atoms with Crippen molar-refractivity contribution in [2.45, 2.75) is 38.8 Å². The first-order chi connectivity index (χ1) is 13.4. The summed E-state index contributed by atoms with van der Waals surface area (Å²) < 4.78 is 0. The van der Waals surface area contributed by atoms with Gasteiger partial charge in [-0.25, -0.2) is 0 Å². The van der Waals surface area contributed by atoms with Crippen LogP contribution in [0.3, 0.4) is 0 Å². The van der Waals surface area contributed by atoms with E-state index in [1.54, 1.807) is 43.1 Å². The van der Waals surface area contributed by atoms with Crippen molar-refractivity contribution in [2.75, 3.05) is 18.9 Å². The molecular formula is C22H28ClN3O2. The molecule has 2 aromatic carbocycles. The molecule has 0 bridgehead atoms. The number of benzene rings is 2. The third kappa shape index (κ3) is 6.36. The number of rotatable bonds is 9. The topological polar surface area (TPSA) is 61.4 Å². The van der Waals surface area contributed by atoms with Gasteiger partial charge in [-0.3, -0.25) is 14.5 Å². The zero-order valence-corrected chi connectivity index (χ0v) is 17.4. The fourth-order valence-corrected chi connectivity index (χ4v) is 3.09. The van der Waals surface area contributed by atoms with E-state index in [0.717, 1.165) is 18.4 Å². The second-order valence-electron chi connectivity index (χ2n) is 6.88. The predicted molar refractivity (Wildman–Crippen MR) is 114 cm³/mol. The van der Waals surface area contributed by atoms with Crippen LogP contribution in [0.2, 0.25) is 5.02 Å². The van der Waals surface area contributed by atoms with Crippen LogP contribution in [0.1, 0.15) is 38.3 Å². The minimum Gasteiger partial charge on any atom is -0.348 e. The van der Waals surface area contributed by atoms with Gasteiger partial charge in [0.05, 0.1) is 29.3 Å². The van der Waals surface area contributed by atoms with Crippen LogP contribution in [0.5, 0.6) is 0 Å². The van der Waals surface area contributed by atoms with Crippen LogP contribution in [0.4, 0.5) is 5.69 Å². The SMILES string of the molecule is CCCC(NC(=O)C(C)N(C)CC(=O)Nc1ccccc1Cl)c1ccccc1. The molecule has 0 saturated heterocycles. The number of hydrogen-bond acceptors (Lipinski definition) is 3. The molecule has 2 amide bonds. The number of carbonyl (C=O) groups is 2. The van der Waals surface area contributed by atoms with Crippen molar-refractivity contribution in [1.29, 1.82) is 0 Å². The Morgan fingerprint density at radius 1 is 1.07 bits per heavy atom. The highest BCUT2D eigenvalue weighted by atomic mass is 35.5. The Morgan fingerprint density at radius 2 is 1.71 bits per heavy atom. The smallest absolute Gasteiger partial charge is 0.238 e. The highest BCUT2D eigenvalue weighted by Crippen LogP contribution is 2.21. The van der Waals surface area contributed by atoms with E-state index in [1.807, 2.05) is 30.3 Å². The summed E-state index contributed by atoms with van der Waals surface area (Å²) in [5, 5.41) is 6.37. The monoisotopic (exact) mass is 401 g/mol. The predicted octanol–water partition coefficient (Wildman–Crippen LogP) is 4.26. The molecule has 0 spiro atoms. The molecule has 5 nitrogen and oxygen atoms in total. The molecule has 0 aliphatic heterocycles. The van der Waals surface area contributed by atoms with Crippen molar-refractivity contribution >= 4 is 29.1 Å². The first kappa shape index (κ1) is 21.9. The van der Waals surface area contributed by atoms with E-state index in [-0.39, 0.29) is 24.4 Å². The lowest BCUT2D eigenvalue weighted by molar-refractivity contribution is -0.127. The van der Waals surface area contributed by atoms with Gasteiger partial charge in [0, 0.05) is 0 Å². The number of carbonyl (C=O) groups excluding carboxylic acids is 2. The maximum Gasteiger partial charge on any atom is 0.238 e. The number of anilines is 1. The Morgan fingerprint density at radius 3 is 2.36 bits per heavy atom. The first-order valence-electron chi connectivity index (χ1n) is 9.52. The molecule has 0 aliphatic carbocycles. The average molecular weight is 402 g/mol. The Kier molecular flexibility index (Phi) is 8.48. The lowest BCUT2D eigenvalue weighted by atomic mass is 10.0. The highest BCUT2D eigenvalue weighted by molar-refractivity contribution is 6.33. The highest BCUT2D eigenvalue weighted by Gasteiger charge is 2.23. The maximum atomic E-state index is 12.7. The van der Waals surface area contributed by atoms with E-state index in [4.69, 9.17) is 11.6 Å². The third-order valence-corrected chi connectivity index (χ3v) is 5.01. The lowest BCUT2D eigenvalue weighted by Crippen LogP contribution is -2.46. The summed E-state index contributed by atoms with van der Waals surface area (Å²) in [4.78, 5) is 26.8. The Bertz CT molecular complexity index is 782. The number of para-hydroxylation sites is 1. The molecule has 2 rings (SSSR count). The third-order valence-electron chi connectivity index (χ3n) is 4.68.